The minimum absolute atomic E-state index is 0.264. The lowest BCUT2D eigenvalue weighted by molar-refractivity contribution is -0.117. The number of primary amides is 1. The van der Waals surface area contributed by atoms with Gasteiger partial charge in [-0.1, -0.05) is 31.9 Å². The van der Waals surface area contributed by atoms with Crippen molar-refractivity contribution in [2.45, 2.75) is 4.83 Å². The number of carbonyl (C=O) groups excluding carboxylic acids is 1. The average Bonchev–Trinajstić information content (AvgIpc) is 2.01. The van der Waals surface area contributed by atoms with Crippen molar-refractivity contribution in [2.24, 2.45) is 5.73 Å². The maximum absolute atomic E-state index is 13.2. The van der Waals surface area contributed by atoms with Crippen LogP contribution < -0.4 is 5.73 Å². The van der Waals surface area contributed by atoms with Gasteiger partial charge in [-0.2, -0.15) is 0 Å². The Morgan fingerprint density at radius 3 is 2.14 bits per heavy atom. The van der Waals surface area contributed by atoms with Gasteiger partial charge in [0.2, 0.25) is 5.91 Å². The van der Waals surface area contributed by atoms with E-state index >= 15 is 0 Å². The van der Waals surface area contributed by atoms with E-state index in [1.54, 1.807) is 0 Å². The zero-order valence-corrected chi connectivity index (χ0v) is 9.90. The summed E-state index contributed by atoms with van der Waals surface area (Å²) in [6.45, 7) is 0. The molecular formula is C8H5Br2F2NO. The molecular weight excluding hydrogens is 324 g/mol. The maximum Gasteiger partial charge on any atom is 0.235 e. The predicted molar refractivity (Wildman–Crippen MR) is 54.9 cm³/mol. The van der Waals surface area contributed by atoms with Gasteiger partial charge in [0.15, 0.2) is 0 Å². The molecule has 1 aromatic rings. The first kappa shape index (κ1) is 11.6. The standard InChI is InChI=1S/C8H5Br2F2NO/c9-3-1-4(11)6(5(12)2-3)7(10)8(13)14/h1-2,7H,(H2,13,14). The topological polar surface area (TPSA) is 43.1 Å². The van der Waals surface area contributed by atoms with Crippen LogP contribution in [0.2, 0.25) is 0 Å². The quantitative estimate of drug-likeness (QED) is 0.833. The Morgan fingerprint density at radius 2 is 1.79 bits per heavy atom. The Morgan fingerprint density at radius 1 is 1.36 bits per heavy atom. The molecule has 1 amide bonds. The molecule has 0 saturated heterocycles. The van der Waals surface area contributed by atoms with Gasteiger partial charge in [0.05, 0.1) is 0 Å². The van der Waals surface area contributed by atoms with Crippen LogP contribution in [0.3, 0.4) is 0 Å². The van der Waals surface area contributed by atoms with Gasteiger partial charge in [0, 0.05) is 10.0 Å². The van der Waals surface area contributed by atoms with Crippen LogP contribution in [0.4, 0.5) is 8.78 Å². The fourth-order valence-corrected chi connectivity index (χ4v) is 1.78. The molecule has 2 nitrogen and oxygen atoms in total. The fourth-order valence-electron chi connectivity index (χ4n) is 0.938. The highest BCUT2D eigenvalue weighted by Crippen LogP contribution is 2.29. The molecule has 1 unspecified atom stereocenters. The third-order valence-corrected chi connectivity index (χ3v) is 2.91. The van der Waals surface area contributed by atoms with Crippen LogP contribution in [-0.2, 0) is 4.79 Å². The number of carbonyl (C=O) groups is 1. The molecule has 14 heavy (non-hydrogen) atoms. The second-order valence-electron chi connectivity index (χ2n) is 2.55. The van der Waals surface area contributed by atoms with Crippen molar-refractivity contribution in [1.29, 1.82) is 0 Å². The highest BCUT2D eigenvalue weighted by molar-refractivity contribution is 9.10. The third kappa shape index (κ3) is 2.30. The number of rotatable bonds is 2. The Bertz CT molecular complexity index is 361. The minimum Gasteiger partial charge on any atom is -0.368 e. The molecule has 0 aliphatic heterocycles. The summed E-state index contributed by atoms with van der Waals surface area (Å²) >= 11 is 5.73. The zero-order valence-electron chi connectivity index (χ0n) is 6.73. The summed E-state index contributed by atoms with van der Waals surface area (Å²) in [5.74, 6) is -2.49. The normalized spacial score (nSPS) is 12.6. The SMILES string of the molecule is NC(=O)C(Br)c1c(F)cc(Br)cc1F. The zero-order chi connectivity index (χ0) is 10.9. The number of hydrogen-bond acceptors (Lipinski definition) is 1. The van der Waals surface area contributed by atoms with Crippen molar-refractivity contribution in [3.05, 3.63) is 33.8 Å². The summed E-state index contributed by atoms with van der Waals surface area (Å²) in [5.41, 5.74) is 4.54. The van der Waals surface area contributed by atoms with Gasteiger partial charge < -0.3 is 5.73 Å². The lowest BCUT2D eigenvalue weighted by Gasteiger charge is -2.08. The number of halogens is 4. The Kier molecular flexibility index (Phi) is 3.60. The number of hydrogen-bond donors (Lipinski definition) is 1. The molecule has 0 radical (unpaired) electrons. The highest BCUT2D eigenvalue weighted by Gasteiger charge is 2.22. The van der Waals surface area contributed by atoms with E-state index in [1.807, 2.05) is 0 Å². The summed E-state index contributed by atoms with van der Waals surface area (Å²) in [5, 5.41) is 0. The first-order valence-electron chi connectivity index (χ1n) is 3.51. The van der Waals surface area contributed by atoms with Crippen LogP contribution in [0.15, 0.2) is 16.6 Å². The lowest BCUT2D eigenvalue weighted by atomic mass is 10.1. The number of amides is 1. The summed E-state index contributed by atoms with van der Waals surface area (Å²) in [4.78, 5) is 9.56. The maximum atomic E-state index is 13.2. The minimum atomic E-state index is -1.16. The van der Waals surface area contributed by atoms with E-state index in [4.69, 9.17) is 5.73 Å². The van der Waals surface area contributed by atoms with E-state index in [-0.39, 0.29) is 10.0 Å². The van der Waals surface area contributed by atoms with Gasteiger partial charge in [0.1, 0.15) is 16.5 Å². The average molecular weight is 329 g/mol. The lowest BCUT2D eigenvalue weighted by Crippen LogP contribution is -2.18. The van der Waals surface area contributed by atoms with E-state index in [9.17, 15) is 13.6 Å². The Labute approximate surface area is 95.7 Å². The smallest absolute Gasteiger partial charge is 0.235 e. The molecule has 6 heteroatoms. The van der Waals surface area contributed by atoms with Crippen LogP contribution >= 0.6 is 31.9 Å². The second kappa shape index (κ2) is 4.35. The van der Waals surface area contributed by atoms with Crippen molar-refractivity contribution in [3.63, 3.8) is 0 Å². The van der Waals surface area contributed by atoms with Crippen LogP contribution in [0.1, 0.15) is 10.4 Å². The Hall–Kier alpha value is -0.490. The van der Waals surface area contributed by atoms with Crippen molar-refractivity contribution < 1.29 is 13.6 Å². The van der Waals surface area contributed by atoms with Gasteiger partial charge in [-0.05, 0) is 12.1 Å². The summed E-state index contributed by atoms with van der Waals surface area (Å²) < 4.78 is 26.7. The van der Waals surface area contributed by atoms with Crippen molar-refractivity contribution in [3.8, 4) is 0 Å². The summed E-state index contributed by atoms with van der Waals surface area (Å²) in [6.07, 6.45) is 0. The number of benzene rings is 1. The monoisotopic (exact) mass is 327 g/mol. The van der Waals surface area contributed by atoms with E-state index in [1.165, 1.54) is 0 Å². The molecule has 0 heterocycles. The first-order valence-corrected chi connectivity index (χ1v) is 5.22. The summed E-state index contributed by atoms with van der Waals surface area (Å²) in [6, 6.07) is 2.13. The molecule has 76 valence electrons. The Balaban J connectivity index is 3.27. The highest BCUT2D eigenvalue weighted by atomic mass is 79.9. The first-order chi connectivity index (χ1) is 6.43. The molecule has 0 aromatic heterocycles. The molecule has 1 rings (SSSR count). The fraction of sp³-hybridized carbons (Fsp3) is 0.125. The van der Waals surface area contributed by atoms with Gasteiger partial charge >= 0.3 is 0 Å². The van der Waals surface area contributed by atoms with Gasteiger partial charge in [0.25, 0.3) is 0 Å². The predicted octanol–water partition coefficient (Wildman–Crippen LogP) is 2.65. The molecule has 0 bridgehead atoms. The van der Waals surface area contributed by atoms with Crippen LogP contribution in [0.25, 0.3) is 0 Å². The molecule has 0 aliphatic carbocycles. The van der Waals surface area contributed by atoms with Crippen molar-refractivity contribution in [2.75, 3.05) is 0 Å². The van der Waals surface area contributed by atoms with Gasteiger partial charge in [-0.3, -0.25) is 4.79 Å². The largest absolute Gasteiger partial charge is 0.368 e. The van der Waals surface area contributed by atoms with Crippen LogP contribution in [0.5, 0.6) is 0 Å². The molecule has 0 aliphatic rings. The van der Waals surface area contributed by atoms with Crippen LogP contribution in [0, 0.1) is 11.6 Å². The number of nitrogens with two attached hydrogens (primary N) is 1. The van der Waals surface area contributed by atoms with E-state index in [2.05, 4.69) is 31.9 Å². The van der Waals surface area contributed by atoms with E-state index in [0.29, 0.717) is 0 Å². The number of alkyl halides is 1. The third-order valence-electron chi connectivity index (χ3n) is 1.55. The van der Waals surface area contributed by atoms with Crippen molar-refractivity contribution >= 4 is 37.8 Å². The van der Waals surface area contributed by atoms with Gasteiger partial charge in [-0.25, -0.2) is 8.78 Å². The van der Waals surface area contributed by atoms with Crippen LogP contribution in [-0.4, -0.2) is 5.91 Å². The molecule has 0 saturated carbocycles. The molecule has 0 spiro atoms. The molecule has 0 fully saturated rings. The molecule has 1 atom stereocenters. The molecule has 2 N–H and O–H groups in total. The summed E-state index contributed by atoms with van der Waals surface area (Å²) in [7, 11) is 0. The van der Waals surface area contributed by atoms with E-state index in [0.717, 1.165) is 12.1 Å². The van der Waals surface area contributed by atoms with Gasteiger partial charge in [-0.15, -0.1) is 0 Å². The second-order valence-corrected chi connectivity index (χ2v) is 4.38. The molecule has 1 aromatic carbocycles. The van der Waals surface area contributed by atoms with E-state index < -0.39 is 22.4 Å². The van der Waals surface area contributed by atoms with Crippen molar-refractivity contribution in [1.82, 2.24) is 0 Å².